The summed E-state index contributed by atoms with van der Waals surface area (Å²) >= 11 is 0. The van der Waals surface area contributed by atoms with Crippen LogP contribution >= 0.6 is 0 Å². The molecule has 106 valence electrons. The van der Waals surface area contributed by atoms with Crippen molar-refractivity contribution in [1.29, 1.82) is 0 Å². The molecule has 1 N–H and O–H groups in total. The lowest BCUT2D eigenvalue weighted by molar-refractivity contribution is 0.0928. The fourth-order valence-corrected chi connectivity index (χ4v) is 2.87. The van der Waals surface area contributed by atoms with Gasteiger partial charge >= 0.3 is 0 Å². The van der Waals surface area contributed by atoms with E-state index in [9.17, 15) is 4.79 Å². The number of amides is 1. The minimum absolute atomic E-state index is 0.157. The minimum atomic E-state index is -0.157. The topological polar surface area (TPSA) is 58.4 Å². The Morgan fingerprint density at radius 3 is 2.74 bits per heavy atom. The van der Waals surface area contributed by atoms with Gasteiger partial charge in [-0.1, -0.05) is 19.0 Å². The first-order valence-corrected chi connectivity index (χ1v) is 6.98. The maximum absolute atomic E-state index is 11.8. The zero-order valence-electron chi connectivity index (χ0n) is 12.0. The number of nitrogens with zero attached hydrogens (tertiary/aromatic N) is 2. The Bertz CT molecular complexity index is 420. The van der Waals surface area contributed by atoms with Gasteiger partial charge in [0.2, 0.25) is 0 Å². The third-order valence-corrected chi connectivity index (χ3v) is 3.52. The zero-order valence-corrected chi connectivity index (χ0v) is 12.0. The molecular weight excluding hydrogens is 242 g/mol. The van der Waals surface area contributed by atoms with E-state index in [0.29, 0.717) is 18.0 Å². The van der Waals surface area contributed by atoms with E-state index < -0.39 is 0 Å². The van der Waals surface area contributed by atoms with Gasteiger partial charge in [-0.3, -0.25) is 4.79 Å². The van der Waals surface area contributed by atoms with E-state index in [2.05, 4.69) is 29.2 Å². The van der Waals surface area contributed by atoms with Gasteiger partial charge in [0.05, 0.1) is 0 Å². The first kappa shape index (κ1) is 14.1. The van der Waals surface area contributed by atoms with Crippen molar-refractivity contribution in [2.75, 3.05) is 26.2 Å². The van der Waals surface area contributed by atoms with Crippen molar-refractivity contribution >= 4 is 5.91 Å². The molecule has 0 spiro atoms. The molecule has 0 radical (unpaired) electrons. The van der Waals surface area contributed by atoms with Gasteiger partial charge in [0.25, 0.3) is 5.91 Å². The molecular formula is C14H23N3O2. The summed E-state index contributed by atoms with van der Waals surface area (Å²) in [5.74, 6) is 1.99. The van der Waals surface area contributed by atoms with E-state index in [-0.39, 0.29) is 5.91 Å². The number of likely N-dealkylation sites (tertiary alicyclic amines) is 1. The summed E-state index contributed by atoms with van der Waals surface area (Å²) in [5.41, 5.74) is 0.359. The predicted molar refractivity (Wildman–Crippen MR) is 73.0 cm³/mol. The molecule has 5 nitrogen and oxygen atoms in total. The standard InChI is InChI=1S/C14H23N3O2/c1-10-6-11(2)9-17(8-10)5-4-15-14(18)13-7-12(3)19-16-13/h7,10-11H,4-6,8-9H2,1-3H3,(H,15,18)/t10-,11-/m1/s1. The second-order valence-electron chi connectivity index (χ2n) is 5.78. The van der Waals surface area contributed by atoms with Crippen molar-refractivity contribution in [1.82, 2.24) is 15.4 Å². The van der Waals surface area contributed by atoms with Crippen molar-refractivity contribution in [2.24, 2.45) is 11.8 Å². The maximum Gasteiger partial charge on any atom is 0.273 e. The number of aromatic nitrogens is 1. The highest BCUT2D eigenvalue weighted by Gasteiger charge is 2.21. The highest BCUT2D eigenvalue weighted by Crippen LogP contribution is 2.20. The molecule has 0 aliphatic carbocycles. The van der Waals surface area contributed by atoms with E-state index in [1.807, 2.05) is 0 Å². The van der Waals surface area contributed by atoms with Crippen LogP contribution in [0.1, 0.15) is 36.5 Å². The van der Waals surface area contributed by atoms with Crippen molar-refractivity contribution < 1.29 is 9.32 Å². The number of carbonyl (C=O) groups excluding carboxylic acids is 1. The molecule has 0 unspecified atom stereocenters. The molecule has 1 amide bonds. The number of hydrogen-bond donors (Lipinski definition) is 1. The second-order valence-corrected chi connectivity index (χ2v) is 5.78. The van der Waals surface area contributed by atoms with Gasteiger partial charge in [-0.2, -0.15) is 0 Å². The molecule has 1 fully saturated rings. The van der Waals surface area contributed by atoms with Crippen LogP contribution in [0.2, 0.25) is 0 Å². The third kappa shape index (κ3) is 4.06. The molecule has 0 bridgehead atoms. The smallest absolute Gasteiger partial charge is 0.273 e. The molecule has 2 rings (SSSR count). The quantitative estimate of drug-likeness (QED) is 0.900. The number of rotatable bonds is 4. The maximum atomic E-state index is 11.8. The molecule has 0 saturated carbocycles. The molecule has 0 aromatic carbocycles. The van der Waals surface area contributed by atoms with Crippen molar-refractivity contribution in [2.45, 2.75) is 27.2 Å². The van der Waals surface area contributed by atoms with Crippen LogP contribution in [0.5, 0.6) is 0 Å². The van der Waals surface area contributed by atoms with Crippen LogP contribution in [0.25, 0.3) is 0 Å². The molecule has 2 heterocycles. The van der Waals surface area contributed by atoms with Gasteiger partial charge in [0, 0.05) is 32.2 Å². The summed E-state index contributed by atoms with van der Waals surface area (Å²) in [6.45, 7) is 10.2. The van der Waals surface area contributed by atoms with Gasteiger partial charge in [-0.05, 0) is 25.2 Å². The Kier molecular flexibility index (Phi) is 4.58. The van der Waals surface area contributed by atoms with Crippen LogP contribution < -0.4 is 5.32 Å². The summed E-state index contributed by atoms with van der Waals surface area (Å²) in [4.78, 5) is 14.2. The Balaban J connectivity index is 1.73. The minimum Gasteiger partial charge on any atom is -0.361 e. The van der Waals surface area contributed by atoms with Crippen LogP contribution in [-0.4, -0.2) is 42.1 Å². The summed E-state index contributed by atoms with van der Waals surface area (Å²) in [7, 11) is 0. The Hall–Kier alpha value is -1.36. The van der Waals surface area contributed by atoms with Crippen LogP contribution in [0.4, 0.5) is 0 Å². The first-order chi connectivity index (χ1) is 9.04. The SMILES string of the molecule is Cc1cc(C(=O)NCCN2C[C@H](C)C[C@@H](C)C2)no1. The fraction of sp³-hybridized carbons (Fsp3) is 0.714. The highest BCUT2D eigenvalue weighted by atomic mass is 16.5. The Morgan fingerprint density at radius 1 is 1.47 bits per heavy atom. The number of nitrogens with one attached hydrogen (secondary N) is 1. The fourth-order valence-electron chi connectivity index (χ4n) is 2.87. The van der Waals surface area contributed by atoms with Gasteiger partial charge in [-0.15, -0.1) is 0 Å². The van der Waals surface area contributed by atoms with E-state index >= 15 is 0 Å². The monoisotopic (exact) mass is 265 g/mol. The molecule has 1 aromatic rings. The number of piperidine rings is 1. The van der Waals surface area contributed by atoms with Crippen LogP contribution in [0, 0.1) is 18.8 Å². The molecule has 1 aliphatic heterocycles. The van der Waals surface area contributed by atoms with E-state index in [4.69, 9.17) is 4.52 Å². The molecule has 1 saturated heterocycles. The van der Waals surface area contributed by atoms with Gasteiger partial charge < -0.3 is 14.7 Å². The average molecular weight is 265 g/mol. The lowest BCUT2D eigenvalue weighted by atomic mass is 9.92. The predicted octanol–water partition coefficient (Wildman–Crippen LogP) is 1.69. The Morgan fingerprint density at radius 2 is 2.16 bits per heavy atom. The van der Waals surface area contributed by atoms with E-state index in [1.54, 1.807) is 13.0 Å². The van der Waals surface area contributed by atoms with E-state index in [0.717, 1.165) is 31.5 Å². The summed E-state index contributed by atoms with van der Waals surface area (Å²) in [6, 6.07) is 1.65. The summed E-state index contributed by atoms with van der Waals surface area (Å²) in [6.07, 6.45) is 1.31. The normalized spacial score (nSPS) is 24.4. The lowest BCUT2D eigenvalue weighted by Crippen LogP contribution is -2.42. The summed E-state index contributed by atoms with van der Waals surface area (Å²) < 4.78 is 4.89. The molecule has 1 aliphatic rings. The third-order valence-electron chi connectivity index (χ3n) is 3.52. The largest absolute Gasteiger partial charge is 0.361 e. The molecule has 19 heavy (non-hydrogen) atoms. The molecule has 1 aromatic heterocycles. The first-order valence-electron chi connectivity index (χ1n) is 6.98. The average Bonchev–Trinajstić information content (AvgIpc) is 2.74. The van der Waals surface area contributed by atoms with Crippen molar-refractivity contribution in [3.63, 3.8) is 0 Å². The summed E-state index contributed by atoms with van der Waals surface area (Å²) in [5, 5.41) is 6.59. The van der Waals surface area contributed by atoms with Crippen LogP contribution in [0.3, 0.4) is 0 Å². The van der Waals surface area contributed by atoms with Crippen molar-refractivity contribution in [3.8, 4) is 0 Å². The molecule has 5 heteroatoms. The Labute approximate surface area is 114 Å². The van der Waals surface area contributed by atoms with Gasteiger partial charge in [-0.25, -0.2) is 0 Å². The lowest BCUT2D eigenvalue weighted by Gasteiger charge is -2.34. The zero-order chi connectivity index (χ0) is 13.8. The highest BCUT2D eigenvalue weighted by molar-refractivity contribution is 5.92. The molecule has 2 atom stereocenters. The van der Waals surface area contributed by atoms with Gasteiger partial charge in [0.1, 0.15) is 5.76 Å². The van der Waals surface area contributed by atoms with Crippen LogP contribution in [-0.2, 0) is 0 Å². The van der Waals surface area contributed by atoms with Gasteiger partial charge in [0.15, 0.2) is 5.69 Å². The second kappa shape index (κ2) is 6.19. The van der Waals surface area contributed by atoms with Crippen molar-refractivity contribution in [3.05, 3.63) is 17.5 Å². The number of aryl methyl sites for hydroxylation is 1. The number of hydrogen-bond acceptors (Lipinski definition) is 4. The number of carbonyl (C=O) groups is 1. The van der Waals surface area contributed by atoms with E-state index in [1.165, 1.54) is 6.42 Å². The van der Waals surface area contributed by atoms with Crippen LogP contribution in [0.15, 0.2) is 10.6 Å².